The lowest BCUT2D eigenvalue weighted by Gasteiger charge is -2.03. The summed E-state index contributed by atoms with van der Waals surface area (Å²) in [5.41, 5.74) is 3.75. The first kappa shape index (κ1) is 14.8. The summed E-state index contributed by atoms with van der Waals surface area (Å²) in [4.78, 5) is 4.45. The Kier molecular flexibility index (Phi) is 3.70. The summed E-state index contributed by atoms with van der Waals surface area (Å²) in [5, 5.41) is 8.97. The van der Waals surface area contributed by atoms with Crippen LogP contribution in [0.5, 0.6) is 0 Å². The molecule has 0 spiro atoms. The SMILES string of the molecule is Cc1ccc(-c2nnc(SCc3nc4ccccc4o3)n2N)cc1. The van der Waals surface area contributed by atoms with Gasteiger partial charge in [0.25, 0.3) is 0 Å². The summed E-state index contributed by atoms with van der Waals surface area (Å²) in [6.07, 6.45) is 0. The molecular formula is C17H15N5OS. The van der Waals surface area contributed by atoms with E-state index >= 15 is 0 Å². The maximum atomic E-state index is 6.13. The standard InChI is InChI=1S/C17H15N5OS/c1-11-6-8-12(9-7-11)16-20-21-17(22(16)18)24-10-15-19-13-4-2-3-5-14(13)23-15/h2-9H,10,18H2,1H3. The van der Waals surface area contributed by atoms with Crippen molar-refractivity contribution >= 4 is 22.9 Å². The molecule has 0 saturated heterocycles. The summed E-state index contributed by atoms with van der Waals surface area (Å²) in [5.74, 6) is 7.95. The summed E-state index contributed by atoms with van der Waals surface area (Å²) in [6.45, 7) is 2.04. The Morgan fingerprint density at radius 2 is 1.88 bits per heavy atom. The molecule has 6 nitrogen and oxygen atoms in total. The molecule has 0 saturated carbocycles. The number of para-hydroxylation sites is 2. The van der Waals surface area contributed by atoms with Gasteiger partial charge in [-0.3, -0.25) is 0 Å². The van der Waals surface area contributed by atoms with E-state index in [1.165, 1.54) is 22.0 Å². The minimum absolute atomic E-state index is 0.540. The minimum Gasteiger partial charge on any atom is -0.440 e. The van der Waals surface area contributed by atoms with Gasteiger partial charge in [-0.2, -0.15) is 0 Å². The molecule has 2 heterocycles. The Morgan fingerprint density at radius 1 is 1.08 bits per heavy atom. The number of nitrogens with zero attached hydrogens (tertiary/aromatic N) is 4. The Bertz CT molecular complexity index is 957. The van der Waals surface area contributed by atoms with Crippen LogP contribution in [0.3, 0.4) is 0 Å². The van der Waals surface area contributed by atoms with Gasteiger partial charge in [0.1, 0.15) is 5.52 Å². The van der Waals surface area contributed by atoms with E-state index < -0.39 is 0 Å². The Morgan fingerprint density at radius 3 is 2.67 bits per heavy atom. The van der Waals surface area contributed by atoms with Gasteiger partial charge in [0, 0.05) is 5.56 Å². The third-order valence-corrected chi connectivity index (χ3v) is 4.57. The van der Waals surface area contributed by atoms with Crippen molar-refractivity contribution in [2.45, 2.75) is 17.8 Å². The fourth-order valence-electron chi connectivity index (χ4n) is 2.38. The molecular weight excluding hydrogens is 322 g/mol. The second-order valence-electron chi connectivity index (χ2n) is 5.41. The largest absolute Gasteiger partial charge is 0.440 e. The lowest BCUT2D eigenvalue weighted by atomic mass is 10.1. The zero-order valence-corrected chi connectivity index (χ0v) is 13.8. The van der Waals surface area contributed by atoms with Crippen LogP contribution in [0.15, 0.2) is 58.1 Å². The smallest absolute Gasteiger partial charge is 0.210 e. The molecule has 0 aliphatic heterocycles. The molecule has 2 N–H and O–H groups in total. The average Bonchev–Trinajstić information content (AvgIpc) is 3.17. The fraction of sp³-hybridized carbons (Fsp3) is 0.118. The number of benzene rings is 2. The third-order valence-electron chi connectivity index (χ3n) is 3.64. The summed E-state index contributed by atoms with van der Waals surface area (Å²) >= 11 is 1.44. The highest BCUT2D eigenvalue weighted by molar-refractivity contribution is 7.98. The quantitative estimate of drug-likeness (QED) is 0.454. The highest BCUT2D eigenvalue weighted by Crippen LogP contribution is 2.25. The summed E-state index contributed by atoms with van der Waals surface area (Å²) in [6, 6.07) is 15.7. The topological polar surface area (TPSA) is 82.8 Å². The lowest BCUT2D eigenvalue weighted by Crippen LogP contribution is -2.11. The second-order valence-corrected chi connectivity index (χ2v) is 6.35. The van der Waals surface area contributed by atoms with Crippen molar-refractivity contribution in [1.82, 2.24) is 19.9 Å². The third kappa shape index (κ3) is 2.74. The van der Waals surface area contributed by atoms with Gasteiger partial charge in [0.15, 0.2) is 11.4 Å². The molecule has 24 heavy (non-hydrogen) atoms. The van der Waals surface area contributed by atoms with Gasteiger partial charge in [-0.05, 0) is 19.1 Å². The molecule has 0 fully saturated rings. The van der Waals surface area contributed by atoms with E-state index in [0.717, 1.165) is 16.7 Å². The Balaban J connectivity index is 1.54. The number of rotatable bonds is 4. The van der Waals surface area contributed by atoms with E-state index in [-0.39, 0.29) is 0 Å². The summed E-state index contributed by atoms with van der Waals surface area (Å²) in [7, 11) is 0. The number of nitrogens with two attached hydrogens (primary N) is 1. The molecule has 4 aromatic rings. The highest BCUT2D eigenvalue weighted by Gasteiger charge is 2.14. The van der Waals surface area contributed by atoms with E-state index in [4.69, 9.17) is 10.3 Å². The number of hydrogen-bond acceptors (Lipinski definition) is 6. The highest BCUT2D eigenvalue weighted by atomic mass is 32.2. The molecule has 2 aromatic heterocycles. The minimum atomic E-state index is 0.540. The van der Waals surface area contributed by atoms with Crippen LogP contribution in [-0.2, 0) is 5.75 Å². The molecule has 0 unspecified atom stereocenters. The van der Waals surface area contributed by atoms with Crippen molar-refractivity contribution < 1.29 is 4.42 Å². The molecule has 120 valence electrons. The van der Waals surface area contributed by atoms with E-state index in [1.807, 2.05) is 55.5 Å². The van der Waals surface area contributed by atoms with Crippen molar-refractivity contribution in [3.8, 4) is 11.4 Å². The normalized spacial score (nSPS) is 11.2. The molecule has 0 bridgehead atoms. The predicted molar refractivity (Wildman–Crippen MR) is 93.9 cm³/mol. The predicted octanol–water partition coefficient (Wildman–Crippen LogP) is 3.40. The zero-order chi connectivity index (χ0) is 16.5. The van der Waals surface area contributed by atoms with Crippen molar-refractivity contribution in [3.63, 3.8) is 0 Å². The van der Waals surface area contributed by atoms with Gasteiger partial charge in [0.2, 0.25) is 11.0 Å². The van der Waals surface area contributed by atoms with Crippen LogP contribution in [0.4, 0.5) is 0 Å². The Hall–Kier alpha value is -2.80. The Labute approximate surface area is 142 Å². The lowest BCUT2D eigenvalue weighted by molar-refractivity contribution is 0.556. The van der Waals surface area contributed by atoms with Crippen molar-refractivity contribution in [2.24, 2.45) is 0 Å². The molecule has 0 radical (unpaired) electrons. The first-order valence-corrected chi connectivity index (χ1v) is 8.44. The van der Waals surface area contributed by atoms with Gasteiger partial charge in [-0.1, -0.05) is 53.7 Å². The van der Waals surface area contributed by atoms with Crippen LogP contribution in [0.25, 0.3) is 22.5 Å². The average molecular weight is 337 g/mol. The van der Waals surface area contributed by atoms with Gasteiger partial charge in [0.05, 0.1) is 5.75 Å². The first-order valence-electron chi connectivity index (χ1n) is 7.45. The monoisotopic (exact) mass is 337 g/mol. The number of aryl methyl sites for hydroxylation is 1. The number of nitrogen functional groups attached to an aromatic ring is 1. The molecule has 0 atom stereocenters. The van der Waals surface area contributed by atoms with Crippen molar-refractivity contribution in [1.29, 1.82) is 0 Å². The number of thioether (sulfide) groups is 1. The van der Waals surface area contributed by atoms with Crippen LogP contribution >= 0.6 is 11.8 Å². The molecule has 0 aliphatic carbocycles. The van der Waals surface area contributed by atoms with Crippen LogP contribution in [0.2, 0.25) is 0 Å². The molecule has 2 aromatic carbocycles. The van der Waals surface area contributed by atoms with Crippen LogP contribution in [0.1, 0.15) is 11.5 Å². The molecule has 0 amide bonds. The van der Waals surface area contributed by atoms with Gasteiger partial charge >= 0.3 is 0 Å². The maximum absolute atomic E-state index is 6.13. The van der Waals surface area contributed by atoms with Crippen molar-refractivity contribution in [2.75, 3.05) is 5.84 Å². The van der Waals surface area contributed by atoms with E-state index in [0.29, 0.717) is 22.6 Å². The second kappa shape index (κ2) is 6.01. The maximum Gasteiger partial charge on any atom is 0.210 e. The number of oxazole rings is 1. The van der Waals surface area contributed by atoms with E-state index in [2.05, 4.69) is 15.2 Å². The van der Waals surface area contributed by atoms with Gasteiger partial charge in [-0.25, -0.2) is 9.66 Å². The molecule has 0 aliphatic rings. The zero-order valence-electron chi connectivity index (χ0n) is 13.0. The molecule has 7 heteroatoms. The fourth-order valence-corrected chi connectivity index (χ4v) is 3.08. The molecule has 4 rings (SSSR count). The van der Waals surface area contributed by atoms with Crippen LogP contribution in [-0.4, -0.2) is 19.9 Å². The van der Waals surface area contributed by atoms with Crippen molar-refractivity contribution in [3.05, 3.63) is 60.0 Å². The van der Waals surface area contributed by atoms with E-state index in [9.17, 15) is 0 Å². The van der Waals surface area contributed by atoms with E-state index in [1.54, 1.807) is 0 Å². The first-order chi connectivity index (χ1) is 11.7. The summed E-state index contributed by atoms with van der Waals surface area (Å²) < 4.78 is 7.20. The number of hydrogen-bond donors (Lipinski definition) is 1. The van der Waals surface area contributed by atoms with Gasteiger partial charge in [-0.15, -0.1) is 10.2 Å². The van der Waals surface area contributed by atoms with Crippen LogP contribution < -0.4 is 5.84 Å². The number of aromatic nitrogens is 4. The number of fused-ring (bicyclic) bond motifs is 1. The van der Waals surface area contributed by atoms with Gasteiger partial charge < -0.3 is 10.3 Å². The van der Waals surface area contributed by atoms with Crippen LogP contribution in [0, 0.1) is 6.92 Å².